The molecule has 29 heavy (non-hydrogen) atoms. The highest BCUT2D eigenvalue weighted by atomic mass is 35.5. The van der Waals surface area contributed by atoms with Crippen LogP contribution in [0.25, 0.3) is 0 Å². The molecule has 0 aromatic heterocycles. The summed E-state index contributed by atoms with van der Waals surface area (Å²) >= 11 is 5.85. The highest BCUT2D eigenvalue weighted by Crippen LogP contribution is 2.37. The Kier molecular flexibility index (Phi) is 6.49. The van der Waals surface area contributed by atoms with Crippen LogP contribution in [0.2, 0.25) is 5.02 Å². The number of halogens is 1. The lowest BCUT2D eigenvalue weighted by atomic mass is 9.81. The number of nitriles is 1. The summed E-state index contributed by atoms with van der Waals surface area (Å²) in [6, 6.07) is 6.33. The van der Waals surface area contributed by atoms with Gasteiger partial charge in [-0.05, 0) is 31.0 Å². The summed E-state index contributed by atoms with van der Waals surface area (Å²) in [4.78, 5) is 49.8. The van der Waals surface area contributed by atoms with Gasteiger partial charge in [0.2, 0.25) is 11.8 Å². The second kappa shape index (κ2) is 9.05. The molecule has 2 atom stereocenters. The van der Waals surface area contributed by atoms with Crippen LogP contribution in [0.5, 0.6) is 0 Å². The fourth-order valence-corrected chi connectivity index (χ4v) is 3.95. The molecule has 8 nitrogen and oxygen atoms in total. The number of imide groups is 1. The normalized spacial score (nSPS) is 20.8. The van der Waals surface area contributed by atoms with Gasteiger partial charge in [-0.1, -0.05) is 24.4 Å². The van der Waals surface area contributed by atoms with E-state index in [2.05, 4.69) is 5.32 Å². The topological polar surface area (TPSA) is 117 Å². The van der Waals surface area contributed by atoms with Gasteiger partial charge in [0.1, 0.15) is 6.07 Å². The number of nitrogens with one attached hydrogen (secondary N) is 1. The number of likely N-dealkylation sites (tertiary alicyclic amines) is 1. The predicted octanol–water partition coefficient (Wildman–Crippen LogP) is 2.26. The van der Waals surface area contributed by atoms with Gasteiger partial charge in [-0.25, -0.2) is 0 Å². The Hall–Kier alpha value is -2.92. The number of hydrogen-bond acceptors (Lipinski definition) is 6. The highest BCUT2D eigenvalue weighted by molar-refractivity contribution is 6.31. The summed E-state index contributed by atoms with van der Waals surface area (Å²) in [5.74, 6) is -2.26. The standard InChI is InChI=1S/C20H20ClN3O5/c21-13-6-5-12(10-22)16(9-13)23-17(25)11-29-18(26)7-8-24-19(27)14-3-1-2-4-15(14)20(24)28/h5-6,9,14-15H,1-4,7-8,11H2,(H,23,25)/t14-,15-/m0/s1. The number of carbonyl (C=O) groups excluding carboxylic acids is 4. The number of benzene rings is 1. The van der Waals surface area contributed by atoms with Crippen LogP contribution < -0.4 is 5.32 Å². The van der Waals surface area contributed by atoms with Crippen molar-refractivity contribution in [2.24, 2.45) is 11.8 Å². The van der Waals surface area contributed by atoms with Crippen molar-refractivity contribution >= 4 is 41.0 Å². The summed E-state index contributed by atoms with van der Waals surface area (Å²) < 4.78 is 4.91. The number of anilines is 1. The maximum absolute atomic E-state index is 12.4. The molecular formula is C20H20ClN3O5. The Morgan fingerprint density at radius 1 is 1.21 bits per heavy atom. The molecule has 2 aliphatic rings. The molecule has 1 saturated heterocycles. The SMILES string of the molecule is N#Cc1ccc(Cl)cc1NC(=O)COC(=O)CCN1C(=O)[C@H]2CCCC[C@@H]2C1=O. The smallest absolute Gasteiger partial charge is 0.308 e. The van der Waals surface area contributed by atoms with E-state index in [-0.39, 0.29) is 47.9 Å². The Balaban J connectivity index is 1.46. The predicted molar refractivity (Wildman–Crippen MR) is 103 cm³/mol. The summed E-state index contributed by atoms with van der Waals surface area (Å²) in [6.45, 7) is -0.596. The Labute approximate surface area is 172 Å². The molecule has 2 fully saturated rings. The van der Waals surface area contributed by atoms with Gasteiger partial charge in [-0.2, -0.15) is 5.26 Å². The minimum absolute atomic E-state index is 0.0437. The van der Waals surface area contributed by atoms with Crippen molar-refractivity contribution in [1.29, 1.82) is 5.26 Å². The molecule has 0 radical (unpaired) electrons. The maximum Gasteiger partial charge on any atom is 0.308 e. The van der Waals surface area contributed by atoms with Crippen LogP contribution in [0.1, 0.15) is 37.7 Å². The molecule has 3 amide bonds. The van der Waals surface area contributed by atoms with Gasteiger partial charge in [0.25, 0.3) is 5.91 Å². The number of nitrogens with zero attached hydrogens (tertiary/aromatic N) is 2. The summed E-state index contributed by atoms with van der Waals surface area (Å²) in [6.07, 6.45) is 3.12. The first-order valence-corrected chi connectivity index (χ1v) is 9.79. The molecule has 3 rings (SSSR count). The molecule has 1 aliphatic carbocycles. The molecular weight excluding hydrogens is 398 g/mol. The number of rotatable bonds is 6. The van der Waals surface area contributed by atoms with Crippen LogP contribution in [-0.4, -0.2) is 41.7 Å². The Morgan fingerprint density at radius 3 is 2.48 bits per heavy atom. The molecule has 1 aromatic carbocycles. The van der Waals surface area contributed by atoms with Gasteiger partial charge >= 0.3 is 5.97 Å². The first-order chi connectivity index (χ1) is 13.9. The summed E-state index contributed by atoms with van der Waals surface area (Å²) in [5, 5.41) is 11.8. The average Bonchev–Trinajstić information content (AvgIpc) is 2.95. The Morgan fingerprint density at radius 2 is 1.86 bits per heavy atom. The highest BCUT2D eigenvalue weighted by Gasteiger charge is 2.47. The first-order valence-electron chi connectivity index (χ1n) is 9.41. The third-order valence-corrected chi connectivity index (χ3v) is 5.45. The zero-order chi connectivity index (χ0) is 21.0. The van der Waals surface area contributed by atoms with Crippen molar-refractivity contribution in [2.75, 3.05) is 18.5 Å². The van der Waals surface area contributed by atoms with E-state index in [1.54, 1.807) is 0 Å². The molecule has 0 bridgehead atoms. The summed E-state index contributed by atoms with van der Waals surface area (Å²) in [5.41, 5.74) is 0.443. The minimum Gasteiger partial charge on any atom is -0.456 e. The van der Waals surface area contributed by atoms with Crippen molar-refractivity contribution < 1.29 is 23.9 Å². The lowest BCUT2D eigenvalue weighted by Crippen LogP contribution is -2.33. The quantitative estimate of drug-likeness (QED) is 0.560. The second-order valence-electron chi connectivity index (χ2n) is 7.09. The van der Waals surface area contributed by atoms with Gasteiger partial charge in [0.15, 0.2) is 6.61 Å². The zero-order valence-electron chi connectivity index (χ0n) is 15.7. The van der Waals surface area contributed by atoms with Gasteiger partial charge in [-0.3, -0.25) is 24.1 Å². The van der Waals surface area contributed by atoms with E-state index < -0.39 is 18.5 Å². The molecule has 1 saturated carbocycles. The molecule has 1 heterocycles. The van der Waals surface area contributed by atoms with Crippen LogP contribution >= 0.6 is 11.6 Å². The van der Waals surface area contributed by atoms with Crippen LogP contribution in [0.15, 0.2) is 18.2 Å². The number of ether oxygens (including phenoxy) is 1. The minimum atomic E-state index is -0.692. The molecule has 1 N–H and O–H groups in total. The van der Waals surface area contributed by atoms with Crippen LogP contribution in [-0.2, 0) is 23.9 Å². The van der Waals surface area contributed by atoms with Gasteiger partial charge in [0.05, 0.1) is 29.5 Å². The third-order valence-electron chi connectivity index (χ3n) is 5.21. The number of fused-ring (bicyclic) bond motifs is 1. The maximum atomic E-state index is 12.4. The van der Waals surface area contributed by atoms with Crippen LogP contribution in [0.4, 0.5) is 5.69 Å². The molecule has 9 heteroatoms. The molecule has 0 unspecified atom stereocenters. The van der Waals surface area contributed by atoms with E-state index in [4.69, 9.17) is 21.6 Å². The van der Waals surface area contributed by atoms with Gasteiger partial charge in [0, 0.05) is 11.6 Å². The molecule has 152 valence electrons. The lowest BCUT2D eigenvalue weighted by Gasteiger charge is -2.19. The van der Waals surface area contributed by atoms with Gasteiger partial charge < -0.3 is 10.1 Å². The van der Waals surface area contributed by atoms with Crippen molar-refractivity contribution in [3.63, 3.8) is 0 Å². The van der Waals surface area contributed by atoms with Crippen LogP contribution in [0, 0.1) is 23.2 Å². The lowest BCUT2D eigenvalue weighted by molar-refractivity contribution is -0.148. The second-order valence-corrected chi connectivity index (χ2v) is 7.52. The third kappa shape index (κ3) is 4.74. The molecule has 0 spiro atoms. The van der Waals surface area contributed by atoms with E-state index in [0.29, 0.717) is 17.9 Å². The fourth-order valence-electron chi connectivity index (χ4n) is 3.78. The van der Waals surface area contributed by atoms with E-state index >= 15 is 0 Å². The first kappa shape index (κ1) is 20.8. The van der Waals surface area contributed by atoms with Gasteiger partial charge in [-0.15, -0.1) is 0 Å². The average molecular weight is 418 g/mol. The monoisotopic (exact) mass is 417 g/mol. The van der Waals surface area contributed by atoms with E-state index in [1.165, 1.54) is 18.2 Å². The van der Waals surface area contributed by atoms with Crippen LogP contribution in [0.3, 0.4) is 0 Å². The zero-order valence-corrected chi connectivity index (χ0v) is 16.4. The largest absolute Gasteiger partial charge is 0.456 e. The Bertz CT molecular complexity index is 871. The van der Waals surface area contributed by atoms with E-state index in [9.17, 15) is 19.2 Å². The number of esters is 1. The van der Waals surface area contributed by atoms with Crippen molar-refractivity contribution in [1.82, 2.24) is 4.90 Å². The number of carbonyl (C=O) groups is 4. The summed E-state index contributed by atoms with van der Waals surface area (Å²) in [7, 11) is 0. The fraction of sp³-hybridized carbons (Fsp3) is 0.450. The van der Waals surface area contributed by atoms with E-state index in [0.717, 1.165) is 17.7 Å². The number of hydrogen-bond donors (Lipinski definition) is 1. The van der Waals surface area contributed by atoms with E-state index in [1.807, 2.05) is 6.07 Å². The van der Waals surface area contributed by atoms with Crippen molar-refractivity contribution in [2.45, 2.75) is 32.1 Å². The number of amides is 3. The molecule has 1 aromatic rings. The van der Waals surface area contributed by atoms with Crippen molar-refractivity contribution in [3.8, 4) is 6.07 Å². The molecule has 1 aliphatic heterocycles. The van der Waals surface area contributed by atoms with Crippen molar-refractivity contribution in [3.05, 3.63) is 28.8 Å².